The van der Waals surface area contributed by atoms with Gasteiger partial charge in [-0.3, -0.25) is 14.4 Å². The SMILES string of the molecule is CC(=O)S[C@H]1CC2=CC(=O)CC[C@]2(C)[C@H]2CC[C@]3(C)[C@@H](CC[C@]34CCC(=O)O4)[C@H]12. The summed E-state index contributed by atoms with van der Waals surface area (Å²) in [6.45, 7) is 6.42. The Morgan fingerprint density at radius 3 is 2.52 bits per heavy atom. The standard InChI is InChI=1S/C24H32O4S/c1-14(25)29-19-13-15-12-16(26)4-8-22(15,2)17-5-9-23(3)18(21(17)19)6-10-24(23)11-7-20(27)28-24/h12,17-19,21H,4-11,13H2,1-3H3/t17-,18-,19-,21+,22-,23+,24-/m0/s1. The number of carbonyl (C=O) groups excluding carboxylic acids is 3. The molecule has 5 heteroatoms. The lowest BCUT2D eigenvalue weighted by atomic mass is 9.46. The molecule has 29 heavy (non-hydrogen) atoms. The minimum Gasteiger partial charge on any atom is -0.458 e. The summed E-state index contributed by atoms with van der Waals surface area (Å²) in [6, 6.07) is 0. The molecule has 5 aliphatic rings. The molecule has 7 atom stereocenters. The minimum absolute atomic E-state index is 0.0119. The molecule has 0 amide bonds. The number of allylic oxidation sites excluding steroid dienone is 1. The molecule has 0 aromatic rings. The number of carbonyl (C=O) groups is 3. The van der Waals surface area contributed by atoms with Crippen LogP contribution in [0.4, 0.5) is 0 Å². The topological polar surface area (TPSA) is 60.4 Å². The van der Waals surface area contributed by atoms with Crippen molar-refractivity contribution < 1.29 is 19.1 Å². The van der Waals surface area contributed by atoms with E-state index >= 15 is 0 Å². The Morgan fingerprint density at radius 1 is 1.07 bits per heavy atom. The Bertz CT molecular complexity index is 818. The molecule has 1 saturated heterocycles. The third kappa shape index (κ3) is 2.68. The van der Waals surface area contributed by atoms with E-state index in [2.05, 4.69) is 13.8 Å². The second-order valence-corrected chi connectivity index (χ2v) is 12.1. The number of rotatable bonds is 1. The monoisotopic (exact) mass is 416 g/mol. The Morgan fingerprint density at radius 2 is 1.83 bits per heavy atom. The van der Waals surface area contributed by atoms with Gasteiger partial charge in [-0.1, -0.05) is 31.2 Å². The van der Waals surface area contributed by atoms with Crippen molar-refractivity contribution >= 4 is 28.6 Å². The van der Waals surface area contributed by atoms with Crippen LogP contribution in [0.3, 0.4) is 0 Å². The molecule has 5 rings (SSSR count). The fraction of sp³-hybridized carbons (Fsp3) is 0.792. The maximum Gasteiger partial charge on any atom is 0.306 e. The highest BCUT2D eigenvalue weighted by atomic mass is 32.2. The highest BCUT2D eigenvalue weighted by Gasteiger charge is 2.68. The highest BCUT2D eigenvalue weighted by Crippen LogP contribution is 2.70. The van der Waals surface area contributed by atoms with Crippen molar-refractivity contribution in [3.05, 3.63) is 11.6 Å². The molecule has 0 N–H and O–H groups in total. The Kier molecular flexibility index (Phi) is 4.41. The maximum absolute atomic E-state index is 12.2. The van der Waals surface area contributed by atoms with Gasteiger partial charge in [0.1, 0.15) is 5.60 Å². The largest absolute Gasteiger partial charge is 0.458 e. The van der Waals surface area contributed by atoms with Crippen LogP contribution in [-0.4, -0.2) is 27.7 Å². The normalized spacial score (nSPS) is 48.6. The molecule has 4 aliphatic carbocycles. The van der Waals surface area contributed by atoms with Gasteiger partial charge in [0.25, 0.3) is 0 Å². The molecule has 1 heterocycles. The van der Waals surface area contributed by atoms with Crippen LogP contribution in [0.1, 0.15) is 78.6 Å². The zero-order valence-corrected chi connectivity index (χ0v) is 18.6. The second kappa shape index (κ2) is 6.45. The van der Waals surface area contributed by atoms with Crippen molar-refractivity contribution in [1.82, 2.24) is 0 Å². The third-order valence-corrected chi connectivity index (χ3v) is 10.7. The van der Waals surface area contributed by atoms with Crippen LogP contribution in [0, 0.1) is 28.6 Å². The Hall–Kier alpha value is -1.10. The molecule has 0 unspecified atom stereocenters. The average Bonchev–Trinajstić information content (AvgIpc) is 3.17. The predicted octanol–water partition coefficient (Wildman–Crippen LogP) is 4.85. The van der Waals surface area contributed by atoms with Gasteiger partial charge in [-0.25, -0.2) is 0 Å². The van der Waals surface area contributed by atoms with Crippen LogP contribution in [0.5, 0.6) is 0 Å². The van der Waals surface area contributed by atoms with Crippen LogP contribution in [0.2, 0.25) is 0 Å². The first-order valence-electron chi connectivity index (χ1n) is 11.3. The van der Waals surface area contributed by atoms with Crippen molar-refractivity contribution in [2.75, 3.05) is 0 Å². The van der Waals surface area contributed by atoms with Crippen molar-refractivity contribution in [1.29, 1.82) is 0 Å². The summed E-state index contributed by atoms with van der Waals surface area (Å²) < 4.78 is 6.06. The summed E-state index contributed by atoms with van der Waals surface area (Å²) in [5, 5.41) is 0.409. The van der Waals surface area contributed by atoms with E-state index in [4.69, 9.17) is 4.74 Å². The number of hydrogen-bond acceptors (Lipinski definition) is 5. The smallest absolute Gasteiger partial charge is 0.306 e. The molecule has 4 nitrogen and oxygen atoms in total. The second-order valence-electron chi connectivity index (χ2n) is 10.7. The fourth-order valence-corrected chi connectivity index (χ4v) is 9.36. The van der Waals surface area contributed by atoms with Gasteiger partial charge in [-0.05, 0) is 74.2 Å². The lowest BCUT2D eigenvalue weighted by Gasteiger charge is -2.61. The summed E-state index contributed by atoms with van der Waals surface area (Å²) in [4.78, 5) is 36.4. The van der Waals surface area contributed by atoms with Crippen molar-refractivity contribution in [2.45, 2.75) is 89.4 Å². The summed E-state index contributed by atoms with van der Waals surface area (Å²) in [5.41, 5.74) is 1.09. The first-order valence-corrected chi connectivity index (χ1v) is 12.2. The minimum atomic E-state index is -0.287. The van der Waals surface area contributed by atoms with Gasteiger partial charge in [0.15, 0.2) is 10.9 Å². The number of ether oxygens (including phenoxy) is 1. The number of hydrogen-bond donors (Lipinski definition) is 0. The van der Waals surface area contributed by atoms with Crippen LogP contribution in [-0.2, 0) is 19.1 Å². The van der Waals surface area contributed by atoms with Crippen LogP contribution in [0.25, 0.3) is 0 Å². The molecule has 1 spiro atoms. The van der Waals surface area contributed by atoms with Crippen LogP contribution < -0.4 is 0 Å². The van der Waals surface area contributed by atoms with E-state index in [1.807, 2.05) is 6.08 Å². The Labute approximate surface area is 177 Å². The van der Waals surface area contributed by atoms with Gasteiger partial charge in [0.2, 0.25) is 0 Å². The van der Waals surface area contributed by atoms with Crippen LogP contribution >= 0.6 is 11.8 Å². The van der Waals surface area contributed by atoms with Gasteiger partial charge in [-0.15, -0.1) is 0 Å². The summed E-state index contributed by atoms with van der Waals surface area (Å²) >= 11 is 1.50. The molecule has 1 aliphatic heterocycles. The summed E-state index contributed by atoms with van der Waals surface area (Å²) in [7, 11) is 0. The number of esters is 1. The molecule has 0 aromatic carbocycles. The Balaban J connectivity index is 1.56. The predicted molar refractivity (Wildman–Crippen MR) is 112 cm³/mol. The van der Waals surface area contributed by atoms with E-state index < -0.39 is 0 Å². The maximum atomic E-state index is 12.2. The van der Waals surface area contributed by atoms with Crippen LogP contribution in [0.15, 0.2) is 11.6 Å². The molecule has 0 bridgehead atoms. The quantitative estimate of drug-likeness (QED) is 0.572. The van der Waals surface area contributed by atoms with Crippen molar-refractivity contribution in [3.63, 3.8) is 0 Å². The van der Waals surface area contributed by atoms with Gasteiger partial charge in [0.05, 0.1) is 0 Å². The van der Waals surface area contributed by atoms with E-state index in [1.165, 1.54) is 17.3 Å². The van der Waals surface area contributed by atoms with Gasteiger partial charge in [0, 0.05) is 30.4 Å². The first kappa shape index (κ1) is 19.8. The molecular weight excluding hydrogens is 384 g/mol. The third-order valence-electron chi connectivity index (χ3n) is 9.61. The van der Waals surface area contributed by atoms with E-state index in [9.17, 15) is 14.4 Å². The molecule has 0 aromatic heterocycles. The lowest BCUT2D eigenvalue weighted by molar-refractivity contribution is -0.167. The fourth-order valence-electron chi connectivity index (χ4n) is 8.13. The molecule has 0 radical (unpaired) electrons. The zero-order valence-electron chi connectivity index (χ0n) is 17.8. The van der Waals surface area contributed by atoms with Crippen molar-refractivity contribution in [2.24, 2.45) is 28.6 Å². The molecule has 158 valence electrons. The first-order chi connectivity index (χ1) is 13.7. The number of ketones is 1. The molecule has 3 saturated carbocycles. The van der Waals surface area contributed by atoms with Crippen molar-refractivity contribution in [3.8, 4) is 0 Å². The number of thioether (sulfide) groups is 1. The molecular formula is C24H32O4S. The van der Waals surface area contributed by atoms with E-state index in [1.54, 1.807) is 6.92 Å². The summed E-state index contributed by atoms with van der Waals surface area (Å²) in [6.07, 6.45) is 10.0. The van der Waals surface area contributed by atoms with Gasteiger partial charge < -0.3 is 4.74 Å². The zero-order chi connectivity index (χ0) is 20.6. The van der Waals surface area contributed by atoms with Gasteiger partial charge >= 0.3 is 5.97 Å². The number of fused-ring (bicyclic) bond motifs is 6. The highest BCUT2D eigenvalue weighted by molar-refractivity contribution is 8.14. The average molecular weight is 417 g/mol. The van der Waals surface area contributed by atoms with E-state index in [-0.39, 0.29) is 38.5 Å². The van der Waals surface area contributed by atoms with E-state index in [0.29, 0.717) is 30.6 Å². The lowest BCUT2D eigenvalue weighted by Crippen LogP contribution is -2.57. The summed E-state index contributed by atoms with van der Waals surface area (Å²) in [5.74, 6) is 1.67. The van der Waals surface area contributed by atoms with E-state index in [0.717, 1.165) is 44.9 Å². The van der Waals surface area contributed by atoms with Gasteiger partial charge in [-0.2, -0.15) is 0 Å². The molecule has 4 fully saturated rings.